The number of aromatic nitrogens is 2. The molecule has 0 spiro atoms. The number of imide groups is 1. The zero-order valence-corrected chi connectivity index (χ0v) is 12.6. The summed E-state index contributed by atoms with van der Waals surface area (Å²) in [6.45, 7) is 6.68. The van der Waals surface area contributed by atoms with Gasteiger partial charge in [-0.15, -0.1) is 0 Å². The fraction of sp³-hybridized carbons (Fsp3) is 0.571. The molecular weight excluding hydrogens is 270 g/mol. The Labute approximate surface area is 124 Å². The van der Waals surface area contributed by atoms with Gasteiger partial charge in [0.25, 0.3) is 0 Å². The van der Waals surface area contributed by atoms with Crippen LogP contribution in [0, 0.1) is 0 Å². The van der Waals surface area contributed by atoms with E-state index in [1.165, 1.54) is 0 Å². The molecule has 0 bridgehead atoms. The molecular formula is C14H21N5O2. The van der Waals surface area contributed by atoms with Gasteiger partial charge in [-0.25, -0.2) is 9.97 Å². The molecule has 1 aliphatic rings. The lowest BCUT2D eigenvalue weighted by Gasteiger charge is -2.32. The number of rotatable bonds is 5. The highest BCUT2D eigenvalue weighted by Gasteiger charge is 2.31. The first kappa shape index (κ1) is 15.2. The molecule has 2 amide bonds. The van der Waals surface area contributed by atoms with E-state index >= 15 is 0 Å². The molecule has 2 N–H and O–H groups in total. The number of anilines is 2. The third kappa shape index (κ3) is 3.48. The Bertz CT molecular complexity index is 522. The maximum atomic E-state index is 11.8. The fourth-order valence-electron chi connectivity index (χ4n) is 2.23. The predicted octanol–water partition coefficient (Wildman–Crippen LogP) is 0.712. The monoisotopic (exact) mass is 291 g/mol. The molecule has 2 rings (SSSR count). The van der Waals surface area contributed by atoms with Crippen LogP contribution in [0.1, 0.15) is 33.0 Å². The van der Waals surface area contributed by atoms with Crippen LogP contribution in [0.4, 0.5) is 11.6 Å². The first-order chi connectivity index (χ1) is 10.0. The molecule has 1 aliphatic heterocycles. The molecule has 21 heavy (non-hydrogen) atoms. The van der Waals surface area contributed by atoms with E-state index in [1.54, 1.807) is 17.9 Å². The summed E-state index contributed by atoms with van der Waals surface area (Å²) in [7, 11) is 0. The van der Waals surface area contributed by atoms with Crippen molar-refractivity contribution in [1.82, 2.24) is 15.3 Å². The molecule has 1 aromatic rings. The number of carbonyl (C=O) groups is 2. The minimum Gasteiger partial charge on any atom is -0.370 e. The van der Waals surface area contributed by atoms with Crippen LogP contribution >= 0.6 is 0 Å². The Kier molecular flexibility index (Phi) is 4.72. The topological polar surface area (TPSA) is 87.2 Å². The number of nitrogens with zero attached hydrogens (tertiary/aromatic N) is 3. The maximum absolute atomic E-state index is 11.8. The number of carbonyl (C=O) groups excluding carboxylic acids is 2. The summed E-state index contributed by atoms with van der Waals surface area (Å²) in [6, 6.07) is 1.35. The predicted molar refractivity (Wildman–Crippen MR) is 80.1 cm³/mol. The van der Waals surface area contributed by atoms with Crippen LogP contribution in [0.2, 0.25) is 0 Å². The molecule has 7 heteroatoms. The lowest BCUT2D eigenvalue weighted by molar-refractivity contribution is -0.132. The van der Waals surface area contributed by atoms with E-state index in [0.29, 0.717) is 5.82 Å². The van der Waals surface area contributed by atoms with Crippen molar-refractivity contribution in [2.45, 2.75) is 39.7 Å². The number of nitrogens with one attached hydrogen (secondary N) is 2. The second-order valence-electron chi connectivity index (χ2n) is 5.02. The highest BCUT2D eigenvalue weighted by atomic mass is 16.2. The zero-order valence-electron chi connectivity index (χ0n) is 12.6. The Morgan fingerprint density at radius 1 is 1.38 bits per heavy atom. The zero-order chi connectivity index (χ0) is 15.4. The van der Waals surface area contributed by atoms with Crippen molar-refractivity contribution in [3.8, 4) is 0 Å². The first-order valence-corrected chi connectivity index (χ1v) is 7.27. The van der Waals surface area contributed by atoms with Gasteiger partial charge in [0.2, 0.25) is 11.8 Å². The van der Waals surface area contributed by atoms with Gasteiger partial charge < -0.3 is 10.2 Å². The summed E-state index contributed by atoms with van der Waals surface area (Å²) in [6.07, 6.45) is 1.69. The van der Waals surface area contributed by atoms with Crippen LogP contribution in [0.15, 0.2) is 6.07 Å². The Morgan fingerprint density at radius 2 is 2.14 bits per heavy atom. The largest absolute Gasteiger partial charge is 0.370 e. The van der Waals surface area contributed by atoms with E-state index < -0.39 is 6.04 Å². The average molecular weight is 291 g/mol. The molecule has 2 heterocycles. The number of amides is 2. The third-order valence-corrected chi connectivity index (χ3v) is 3.31. The van der Waals surface area contributed by atoms with Crippen LogP contribution in [0.5, 0.6) is 0 Å². The van der Waals surface area contributed by atoms with Gasteiger partial charge in [0.1, 0.15) is 23.5 Å². The highest BCUT2D eigenvalue weighted by molar-refractivity contribution is 6.04. The van der Waals surface area contributed by atoms with Crippen molar-refractivity contribution in [1.29, 1.82) is 0 Å². The van der Waals surface area contributed by atoms with Crippen LogP contribution in [-0.4, -0.2) is 40.9 Å². The second kappa shape index (κ2) is 6.51. The minimum atomic E-state index is -0.429. The summed E-state index contributed by atoms with van der Waals surface area (Å²) in [4.78, 5) is 34.0. The van der Waals surface area contributed by atoms with Crippen LogP contribution in [0.25, 0.3) is 0 Å². The molecule has 114 valence electrons. The van der Waals surface area contributed by atoms with Gasteiger partial charge in [-0.1, -0.05) is 6.92 Å². The van der Waals surface area contributed by atoms with Gasteiger partial charge in [-0.3, -0.25) is 14.9 Å². The standard InChI is InChI=1S/C14H21N5O2/c1-4-6-10-16-11(15-5-2)7-12(17-10)19-8-13(20)18-14(21)9(19)3/h7,9H,4-6,8H2,1-3H3,(H,15,16,17)(H,18,20,21). The molecule has 0 radical (unpaired) electrons. The lowest BCUT2D eigenvalue weighted by Crippen LogP contribution is -2.57. The maximum Gasteiger partial charge on any atom is 0.249 e. The molecule has 1 aromatic heterocycles. The quantitative estimate of drug-likeness (QED) is 0.777. The molecule has 0 saturated carbocycles. The number of piperazine rings is 1. The van der Waals surface area contributed by atoms with E-state index in [-0.39, 0.29) is 18.4 Å². The van der Waals surface area contributed by atoms with E-state index in [2.05, 4.69) is 27.5 Å². The summed E-state index contributed by atoms with van der Waals surface area (Å²) in [5.41, 5.74) is 0. The van der Waals surface area contributed by atoms with Crippen molar-refractivity contribution in [2.75, 3.05) is 23.3 Å². The minimum absolute atomic E-state index is 0.126. The van der Waals surface area contributed by atoms with Crippen molar-refractivity contribution in [3.63, 3.8) is 0 Å². The van der Waals surface area contributed by atoms with Gasteiger partial charge in [0, 0.05) is 19.0 Å². The summed E-state index contributed by atoms with van der Waals surface area (Å²) < 4.78 is 0. The van der Waals surface area contributed by atoms with Gasteiger partial charge in [-0.05, 0) is 20.3 Å². The highest BCUT2D eigenvalue weighted by Crippen LogP contribution is 2.20. The first-order valence-electron chi connectivity index (χ1n) is 7.27. The Hall–Kier alpha value is -2.18. The van der Waals surface area contributed by atoms with Gasteiger partial charge in [0.05, 0.1) is 6.54 Å². The van der Waals surface area contributed by atoms with Gasteiger partial charge in [-0.2, -0.15) is 0 Å². The van der Waals surface area contributed by atoms with E-state index in [1.807, 2.05) is 6.92 Å². The van der Waals surface area contributed by atoms with E-state index in [4.69, 9.17) is 0 Å². The van der Waals surface area contributed by atoms with E-state index in [9.17, 15) is 9.59 Å². The molecule has 1 unspecified atom stereocenters. The number of hydrogen-bond donors (Lipinski definition) is 2. The van der Waals surface area contributed by atoms with Gasteiger partial charge >= 0.3 is 0 Å². The van der Waals surface area contributed by atoms with Crippen molar-refractivity contribution in [3.05, 3.63) is 11.9 Å². The van der Waals surface area contributed by atoms with Crippen molar-refractivity contribution in [2.24, 2.45) is 0 Å². The molecule has 1 saturated heterocycles. The van der Waals surface area contributed by atoms with Gasteiger partial charge in [0.15, 0.2) is 0 Å². The normalized spacial score (nSPS) is 18.6. The van der Waals surface area contributed by atoms with E-state index in [0.717, 1.165) is 31.0 Å². The van der Waals surface area contributed by atoms with Crippen LogP contribution in [-0.2, 0) is 16.0 Å². The summed E-state index contributed by atoms with van der Waals surface area (Å²) in [5, 5.41) is 5.49. The summed E-state index contributed by atoms with van der Waals surface area (Å²) >= 11 is 0. The molecule has 0 aromatic carbocycles. The van der Waals surface area contributed by atoms with Crippen LogP contribution in [0.3, 0.4) is 0 Å². The second-order valence-corrected chi connectivity index (χ2v) is 5.02. The fourth-order valence-corrected chi connectivity index (χ4v) is 2.23. The molecule has 1 fully saturated rings. The molecule has 7 nitrogen and oxygen atoms in total. The van der Waals surface area contributed by atoms with Crippen molar-refractivity contribution >= 4 is 23.5 Å². The summed E-state index contributed by atoms with van der Waals surface area (Å²) in [5.74, 6) is 1.44. The smallest absolute Gasteiger partial charge is 0.249 e. The third-order valence-electron chi connectivity index (χ3n) is 3.31. The Balaban J connectivity index is 2.36. The molecule has 1 atom stereocenters. The lowest BCUT2D eigenvalue weighted by atomic mass is 10.2. The number of hydrogen-bond acceptors (Lipinski definition) is 6. The van der Waals surface area contributed by atoms with Crippen molar-refractivity contribution < 1.29 is 9.59 Å². The van der Waals surface area contributed by atoms with Crippen LogP contribution < -0.4 is 15.5 Å². The Morgan fingerprint density at radius 3 is 2.81 bits per heavy atom. The molecule has 0 aliphatic carbocycles. The number of aryl methyl sites for hydroxylation is 1. The SMILES string of the molecule is CCCc1nc(NCC)cc(N2CC(=O)NC(=O)C2C)n1. The average Bonchev–Trinajstić information content (AvgIpc) is 2.43.